The number of alkyl halides is 1. The topological polar surface area (TPSA) is 50.5 Å². The Kier molecular flexibility index (Phi) is 6.89. The molecule has 0 saturated carbocycles. The molecule has 0 unspecified atom stereocenters. The lowest BCUT2D eigenvalue weighted by Gasteiger charge is -2.20. The van der Waals surface area contributed by atoms with Crippen LogP contribution in [0.15, 0.2) is 21.6 Å². The zero-order valence-electron chi connectivity index (χ0n) is 11.6. The molecule has 0 saturated heterocycles. The molecule has 0 radical (unpaired) electrons. The molecule has 0 atom stereocenters. The average Bonchev–Trinajstić information content (AvgIpc) is 2.88. The maximum Gasteiger partial charge on any atom is 0.276 e. The number of sulfonamides is 1. The summed E-state index contributed by atoms with van der Waals surface area (Å²) in [5.41, 5.74) is 0. The lowest BCUT2D eigenvalue weighted by atomic mass is 10.3. The van der Waals surface area contributed by atoms with E-state index in [-0.39, 0.29) is 11.0 Å². The van der Waals surface area contributed by atoms with Crippen molar-refractivity contribution in [3.05, 3.63) is 17.9 Å². The molecule has 0 aliphatic rings. The van der Waals surface area contributed by atoms with Crippen LogP contribution in [0.1, 0.15) is 45.3 Å². The molecule has 1 rings (SSSR count). The summed E-state index contributed by atoms with van der Waals surface area (Å²) in [5, 5.41) is -0.00430. The third-order valence-corrected chi connectivity index (χ3v) is 4.92. The van der Waals surface area contributed by atoms with Gasteiger partial charge in [-0.25, -0.2) is 8.42 Å². The van der Waals surface area contributed by atoms with Gasteiger partial charge in [0.2, 0.25) is 5.09 Å². The van der Waals surface area contributed by atoms with Crippen LogP contribution < -0.4 is 0 Å². The fraction of sp³-hybridized carbons (Fsp3) is 0.692. The van der Waals surface area contributed by atoms with E-state index < -0.39 is 10.0 Å². The first kappa shape index (κ1) is 16.5. The third-order valence-electron chi connectivity index (χ3n) is 2.88. The van der Waals surface area contributed by atoms with Crippen LogP contribution >= 0.6 is 11.6 Å². The van der Waals surface area contributed by atoms with Gasteiger partial charge in [0.05, 0.1) is 5.88 Å². The zero-order valence-corrected chi connectivity index (χ0v) is 13.1. The number of nitrogens with zero attached hydrogens (tertiary/aromatic N) is 1. The summed E-state index contributed by atoms with van der Waals surface area (Å²) in [7, 11) is -3.53. The highest BCUT2D eigenvalue weighted by Gasteiger charge is 2.26. The summed E-state index contributed by atoms with van der Waals surface area (Å²) < 4.78 is 31.7. The van der Waals surface area contributed by atoms with Crippen LogP contribution in [0.25, 0.3) is 0 Å². The fourth-order valence-corrected chi connectivity index (χ4v) is 3.31. The number of halogens is 1. The zero-order chi connectivity index (χ0) is 14.3. The van der Waals surface area contributed by atoms with Gasteiger partial charge in [0.15, 0.2) is 0 Å². The standard InChI is InChI=1S/C13H22ClNO3S/c1-3-5-9-15(10-6-4-2)19(16,17)13-8-7-12(11-14)18-13/h7-8H,3-6,9-11H2,1-2H3. The lowest BCUT2D eigenvalue weighted by Crippen LogP contribution is -2.32. The first-order valence-corrected chi connectivity index (χ1v) is 8.68. The minimum absolute atomic E-state index is 0.00430. The molecule has 0 bridgehead atoms. The Balaban J connectivity index is 2.90. The van der Waals surface area contributed by atoms with Gasteiger partial charge in [-0.3, -0.25) is 0 Å². The van der Waals surface area contributed by atoms with Gasteiger partial charge in [-0.2, -0.15) is 4.31 Å². The van der Waals surface area contributed by atoms with Crippen molar-refractivity contribution in [1.82, 2.24) is 4.31 Å². The number of unbranched alkanes of at least 4 members (excludes halogenated alkanes) is 2. The predicted octanol–water partition coefficient (Wildman–Crippen LogP) is 3.61. The van der Waals surface area contributed by atoms with Crippen molar-refractivity contribution in [2.24, 2.45) is 0 Å². The van der Waals surface area contributed by atoms with Crippen molar-refractivity contribution in [1.29, 1.82) is 0 Å². The number of furan rings is 1. The monoisotopic (exact) mass is 307 g/mol. The lowest BCUT2D eigenvalue weighted by molar-refractivity contribution is 0.362. The van der Waals surface area contributed by atoms with Gasteiger partial charge in [-0.15, -0.1) is 11.6 Å². The van der Waals surface area contributed by atoms with Crippen molar-refractivity contribution in [2.45, 2.75) is 50.5 Å². The van der Waals surface area contributed by atoms with E-state index in [1.165, 1.54) is 10.4 Å². The van der Waals surface area contributed by atoms with E-state index in [9.17, 15) is 8.42 Å². The van der Waals surface area contributed by atoms with Crippen LogP contribution in [0.2, 0.25) is 0 Å². The first-order valence-electron chi connectivity index (χ1n) is 6.71. The van der Waals surface area contributed by atoms with Gasteiger partial charge in [0.1, 0.15) is 5.76 Å². The quantitative estimate of drug-likeness (QED) is 0.655. The van der Waals surface area contributed by atoms with Crippen molar-refractivity contribution >= 4 is 21.6 Å². The molecule has 0 N–H and O–H groups in total. The minimum Gasteiger partial charge on any atom is -0.447 e. The molecule has 19 heavy (non-hydrogen) atoms. The number of hydrogen-bond donors (Lipinski definition) is 0. The molecule has 1 aromatic heterocycles. The van der Waals surface area contributed by atoms with E-state index in [0.717, 1.165) is 25.7 Å². The summed E-state index contributed by atoms with van der Waals surface area (Å²) >= 11 is 5.63. The molecular formula is C13H22ClNO3S. The van der Waals surface area contributed by atoms with Gasteiger partial charge in [0, 0.05) is 13.1 Å². The highest BCUT2D eigenvalue weighted by atomic mass is 35.5. The predicted molar refractivity (Wildman–Crippen MR) is 76.8 cm³/mol. The maximum atomic E-state index is 12.5. The van der Waals surface area contributed by atoms with Crippen molar-refractivity contribution in [3.8, 4) is 0 Å². The molecule has 0 amide bonds. The molecule has 1 aromatic rings. The van der Waals surface area contributed by atoms with E-state index in [1.54, 1.807) is 6.07 Å². The highest BCUT2D eigenvalue weighted by Crippen LogP contribution is 2.20. The second-order valence-corrected chi connectivity index (χ2v) is 6.60. The Morgan fingerprint density at radius 2 is 1.74 bits per heavy atom. The van der Waals surface area contributed by atoms with Gasteiger partial charge in [0.25, 0.3) is 10.0 Å². The first-order chi connectivity index (χ1) is 9.06. The Hall–Kier alpha value is -0.520. The summed E-state index contributed by atoms with van der Waals surface area (Å²) in [6.45, 7) is 5.16. The van der Waals surface area contributed by atoms with E-state index in [4.69, 9.17) is 16.0 Å². The Bertz CT molecular complexity index is 462. The molecule has 0 aliphatic heterocycles. The second-order valence-electron chi connectivity index (χ2n) is 4.47. The minimum atomic E-state index is -3.53. The van der Waals surface area contributed by atoms with Crippen LogP contribution in [0.4, 0.5) is 0 Å². The highest BCUT2D eigenvalue weighted by molar-refractivity contribution is 7.89. The van der Waals surface area contributed by atoms with Crippen LogP contribution in [0, 0.1) is 0 Å². The van der Waals surface area contributed by atoms with Gasteiger partial charge in [-0.05, 0) is 25.0 Å². The number of rotatable bonds is 9. The summed E-state index contributed by atoms with van der Waals surface area (Å²) in [6.07, 6.45) is 3.63. The van der Waals surface area contributed by atoms with Crippen LogP contribution in [-0.4, -0.2) is 25.8 Å². The largest absolute Gasteiger partial charge is 0.447 e. The van der Waals surface area contributed by atoms with Crippen LogP contribution in [0.3, 0.4) is 0 Å². The van der Waals surface area contributed by atoms with E-state index in [1.807, 2.05) is 13.8 Å². The Labute approximate surface area is 120 Å². The molecule has 0 aliphatic carbocycles. The summed E-state index contributed by atoms with van der Waals surface area (Å²) in [5.74, 6) is 0.658. The molecular weight excluding hydrogens is 286 g/mol. The van der Waals surface area contributed by atoms with Crippen LogP contribution in [0.5, 0.6) is 0 Å². The van der Waals surface area contributed by atoms with E-state index in [0.29, 0.717) is 18.8 Å². The number of hydrogen-bond acceptors (Lipinski definition) is 3. The van der Waals surface area contributed by atoms with Crippen molar-refractivity contribution in [3.63, 3.8) is 0 Å². The fourth-order valence-electron chi connectivity index (χ4n) is 1.72. The van der Waals surface area contributed by atoms with Crippen molar-refractivity contribution in [2.75, 3.05) is 13.1 Å². The SMILES string of the molecule is CCCCN(CCCC)S(=O)(=O)c1ccc(CCl)o1. The second kappa shape index (κ2) is 7.92. The van der Waals surface area contributed by atoms with E-state index in [2.05, 4.69) is 0 Å². The van der Waals surface area contributed by atoms with Gasteiger partial charge >= 0.3 is 0 Å². The molecule has 0 spiro atoms. The van der Waals surface area contributed by atoms with Crippen molar-refractivity contribution < 1.29 is 12.8 Å². The maximum absolute atomic E-state index is 12.5. The smallest absolute Gasteiger partial charge is 0.276 e. The summed E-state index contributed by atoms with van der Waals surface area (Å²) in [4.78, 5) is 0. The van der Waals surface area contributed by atoms with Crippen LogP contribution in [-0.2, 0) is 15.9 Å². The Morgan fingerprint density at radius 3 is 2.16 bits per heavy atom. The normalized spacial score (nSPS) is 12.2. The molecule has 110 valence electrons. The molecule has 1 heterocycles. The molecule has 6 heteroatoms. The van der Waals surface area contributed by atoms with Gasteiger partial charge in [-0.1, -0.05) is 26.7 Å². The molecule has 0 aromatic carbocycles. The Morgan fingerprint density at radius 1 is 1.16 bits per heavy atom. The van der Waals surface area contributed by atoms with Gasteiger partial charge < -0.3 is 4.42 Å². The third kappa shape index (κ3) is 4.51. The van der Waals surface area contributed by atoms with E-state index >= 15 is 0 Å². The average molecular weight is 308 g/mol. The molecule has 0 fully saturated rings. The summed E-state index contributed by atoms with van der Waals surface area (Å²) in [6, 6.07) is 3.09. The molecule has 4 nitrogen and oxygen atoms in total.